The molecular formula is C26H19BrFIN2O4. The molecule has 4 rings (SSSR count). The van der Waals surface area contributed by atoms with Gasteiger partial charge in [-0.15, -0.1) is 0 Å². The van der Waals surface area contributed by atoms with Crippen molar-refractivity contribution in [3.05, 3.63) is 96.3 Å². The van der Waals surface area contributed by atoms with Crippen LogP contribution in [0.1, 0.15) is 22.3 Å². The van der Waals surface area contributed by atoms with E-state index >= 15 is 0 Å². The molecule has 0 radical (unpaired) electrons. The van der Waals surface area contributed by atoms with Crippen LogP contribution in [-0.2, 0) is 16.2 Å². The SMILES string of the molecule is Cc1cc(C)cc(N2C(=O)NC(=O)/C(=C\c3cc(Br)c(OCc4ccccc4F)c(I)c3)C2=O)c1. The van der Waals surface area contributed by atoms with Crippen molar-refractivity contribution >= 4 is 68.1 Å². The molecule has 4 amide bonds. The summed E-state index contributed by atoms with van der Waals surface area (Å²) in [6.45, 7) is 3.76. The van der Waals surface area contributed by atoms with Gasteiger partial charge in [0.1, 0.15) is 23.7 Å². The van der Waals surface area contributed by atoms with E-state index in [4.69, 9.17) is 4.74 Å². The number of rotatable bonds is 5. The first-order valence-electron chi connectivity index (χ1n) is 10.5. The van der Waals surface area contributed by atoms with E-state index in [0.717, 1.165) is 16.0 Å². The van der Waals surface area contributed by atoms with Gasteiger partial charge in [-0.05, 0) is 105 Å². The topological polar surface area (TPSA) is 75.7 Å². The molecule has 1 heterocycles. The predicted octanol–water partition coefficient (Wildman–Crippen LogP) is 6.06. The van der Waals surface area contributed by atoms with Crippen molar-refractivity contribution in [3.8, 4) is 5.75 Å². The lowest BCUT2D eigenvalue weighted by atomic mass is 10.1. The summed E-state index contributed by atoms with van der Waals surface area (Å²) in [4.78, 5) is 39.2. The number of carbonyl (C=O) groups is 3. The molecule has 3 aromatic rings. The maximum Gasteiger partial charge on any atom is 0.335 e. The van der Waals surface area contributed by atoms with Crippen molar-refractivity contribution in [2.45, 2.75) is 20.5 Å². The minimum atomic E-state index is -0.796. The third-order valence-electron chi connectivity index (χ3n) is 5.23. The summed E-state index contributed by atoms with van der Waals surface area (Å²) in [7, 11) is 0. The van der Waals surface area contributed by atoms with Gasteiger partial charge < -0.3 is 4.74 Å². The lowest BCUT2D eigenvalue weighted by Crippen LogP contribution is -2.54. The molecule has 178 valence electrons. The van der Waals surface area contributed by atoms with Crippen molar-refractivity contribution in [1.82, 2.24) is 5.32 Å². The number of benzene rings is 3. The van der Waals surface area contributed by atoms with Gasteiger partial charge in [-0.1, -0.05) is 24.3 Å². The van der Waals surface area contributed by atoms with E-state index in [1.54, 1.807) is 42.5 Å². The van der Waals surface area contributed by atoms with Crippen LogP contribution in [0.5, 0.6) is 5.75 Å². The lowest BCUT2D eigenvalue weighted by molar-refractivity contribution is -0.122. The molecule has 9 heteroatoms. The molecule has 1 fully saturated rings. The third-order valence-corrected chi connectivity index (χ3v) is 6.62. The average molecular weight is 649 g/mol. The molecule has 1 aliphatic heterocycles. The summed E-state index contributed by atoms with van der Waals surface area (Å²) >= 11 is 5.52. The molecule has 1 aliphatic rings. The summed E-state index contributed by atoms with van der Waals surface area (Å²) in [5, 5.41) is 2.24. The van der Waals surface area contributed by atoms with Crippen molar-refractivity contribution < 1.29 is 23.5 Å². The van der Waals surface area contributed by atoms with Gasteiger partial charge in [0.2, 0.25) is 0 Å². The number of ether oxygens (including phenoxy) is 1. The quantitative estimate of drug-likeness (QED) is 0.208. The van der Waals surface area contributed by atoms with Gasteiger partial charge in [0.15, 0.2) is 0 Å². The standard InChI is InChI=1S/C26H19BrFIN2O4/c1-14-7-15(2)9-18(8-14)31-25(33)19(24(32)30-26(31)34)10-16-11-20(27)23(22(29)12-16)35-13-17-5-3-4-6-21(17)28/h3-12H,13H2,1-2H3,(H,30,32,34)/b19-10+. The Balaban J connectivity index is 1.63. The highest BCUT2D eigenvalue weighted by molar-refractivity contribution is 14.1. The number of hydrogen-bond acceptors (Lipinski definition) is 4. The Morgan fingerprint density at radius 3 is 2.40 bits per heavy atom. The highest BCUT2D eigenvalue weighted by Gasteiger charge is 2.37. The number of barbiturate groups is 1. The van der Waals surface area contributed by atoms with Crippen molar-refractivity contribution in [3.63, 3.8) is 0 Å². The Morgan fingerprint density at radius 2 is 1.74 bits per heavy atom. The van der Waals surface area contributed by atoms with Crippen LogP contribution in [0.2, 0.25) is 0 Å². The molecule has 1 saturated heterocycles. The largest absolute Gasteiger partial charge is 0.486 e. The van der Waals surface area contributed by atoms with Crippen molar-refractivity contribution in [2.75, 3.05) is 4.90 Å². The Hall–Kier alpha value is -3.05. The van der Waals surface area contributed by atoms with Crippen LogP contribution >= 0.6 is 38.5 Å². The number of nitrogens with zero attached hydrogens (tertiary/aromatic N) is 1. The predicted molar refractivity (Wildman–Crippen MR) is 143 cm³/mol. The lowest BCUT2D eigenvalue weighted by Gasteiger charge is -2.27. The molecule has 3 aromatic carbocycles. The van der Waals surface area contributed by atoms with Crippen LogP contribution in [0.4, 0.5) is 14.9 Å². The normalized spacial score (nSPS) is 14.9. The minimum absolute atomic E-state index is 0.0373. The van der Waals surface area contributed by atoms with Gasteiger partial charge in [0.25, 0.3) is 11.8 Å². The number of nitrogens with one attached hydrogen (secondary N) is 1. The molecule has 35 heavy (non-hydrogen) atoms. The number of anilines is 1. The van der Waals surface area contributed by atoms with Gasteiger partial charge >= 0.3 is 6.03 Å². The number of carbonyl (C=O) groups excluding carboxylic acids is 3. The van der Waals surface area contributed by atoms with E-state index in [1.165, 1.54) is 12.1 Å². The fourth-order valence-electron chi connectivity index (χ4n) is 3.70. The summed E-state index contributed by atoms with van der Waals surface area (Å²) in [5.74, 6) is -1.34. The Labute approximate surface area is 223 Å². The van der Waals surface area contributed by atoms with E-state index in [0.29, 0.717) is 30.6 Å². The maximum atomic E-state index is 13.9. The van der Waals surface area contributed by atoms with Crippen molar-refractivity contribution in [2.24, 2.45) is 0 Å². The Morgan fingerprint density at radius 1 is 1.06 bits per heavy atom. The van der Waals surface area contributed by atoms with E-state index in [9.17, 15) is 18.8 Å². The van der Waals surface area contributed by atoms with Crippen LogP contribution < -0.4 is 15.0 Å². The fourth-order valence-corrected chi connectivity index (χ4v) is 5.47. The molecule has 0 spiro atoms. The minimum Gasteiger partial charge on any atom is -0.486 e. The van der Waals surface area contributed by atoms with Crippen molar-refractivity contribution in [1.29, 1.82) is 0 Å². The number of imide groups is 2. The molecular weight excluding hydrogens is 630 g/mol. The maximum absolute atomic E-state index is 13.9. The van der Waals surface area contributed by atoms with E-state index in [-0.39, 0.29) is 18.0 Å². The zero-order chi connectivity index (χ0) is 25.3. The second kappa shape index (κ2) is 10.3. The summed E-state index contributed by atoms with van der Waals surface area (Å²) in [6, 6.07) is 14.3. The molecule has 0 unspecified atom stereocenters. The van der Waals surface area contributed by atoms with Crippen LogP contribution in [0, 0.1) is 23.2 Å². The molecule has 0 aromatic heterocycles. The van der Waals surface area contributed by atoms with Gasteiger partial charge in [-0.2, -0.15) is 0 Å². The average Bonchev–Trinajstić information content (AvgIpc) is 2.76. The molecule has 6 nitrogen and oxygen atoms in total. The Kier molecular flexibility index (Phi) is 7.36. The summed E-state index contributed by atoms with van der Waals surface area (Å²) < 4.78 is 21.0. The fraction of sp³-hybridized carbons (Fsp3) is 0.115. The monoisotopic (exact) mass is 648 g/mol. The molecule has 0 atom stereocenters. The molecule has 0 aliphatic carbocycles. The molecule has 0 bridgehead atoms. The van der Waals surface area contributed by atoms with Gasteiger partial charge in [0.05, 0.1) is 13.7 Å². The number of hydrogen-bond donors (Lipinski definition) is 1. The highest BCUT2D eigenvalue weighted by Crippen LogP contribution is 2.34. The van der Waals surface area contributed by atoms with Gasteiger partial charge in [0, 0.05) is 5.56 Å². The summed E-state index contributed by atoms with van der Waals surface area (Å²) in [5.41, 5.74) is 2.94. The van der Waals surface area contributed by atoms with E-state index < -0.39 is 17.8 Å². The zero-order valence-corrected chi connectivity index (χ0v) is 22.4. The van der Waals surface area contributed by atoms with E-state index in [1.807, 2.05) is 19.9 Å². The number of amides is 4. The second-order valence-electron chi connectivity index (χ2n) is 8.00. The zero-order valence-electron chi connectivity index (χ0n) is 18.7. The highest BCUT2D eigenvalue weighted by atomic mass is 127. The van der Waals surface area contributed by atoms with Gasteiger partial charge in [-0.3, -0.25) is 14.9 Å². The third kappa shape index (κ3) is 5.46. The molecule has 1 N–H and O–H groups in total. The van der Waals surface area contributed by atoms with Crippen LogP contribution in [0.3, 0.4) is 0 Å². The number of aryl methyl sites for hydroxylation is 2. The number of halogens is 3. The van der Waals surface area contributed by atoms with Crippen LogP contribution in [0.15, 0.2) is 64.6 Å². The molecule has 0 saturated carbocycles. The van der Waals surface area contributed by atoms with E-state index in [2.05, 4.69) is 43.8 Å². The second-order valence-corrected chi connectivity index (χ2v) is 10.0. The number of urea groups is 1. The van der Waals surface area contributed by atoms with Gasteiger partial charge in [-0.25, -0.2) is 14.1 Å². The first-order valence-corrected chi connectivity index (χ1v) is 12.4. The Bertz CT molecular complexity index is 1360. The van der Waals surface area contributed by atoms with Crippen LogP contribution in [-0.4, -0.2) is 17.8 Å². The first-order chi connectivity index (χ1) is 16.6. The summed E-state index contributed by atoms with van der Waals surface area (Å²) in [6.07, 6.45) is 1.42. The smallest absolute Gasteiger partial charge is 0.335 e. The van der Waals surface area contributed by atoms with Crippen LogP contribution in [0.25, 0.3) is 6.08 Å². The first kappa shape index (κ1) is 25.1.